The lowest BCUT2D eigenvalue weighted by Gasteiger charge is -2.06. The lowest BCUT2D eigenvalue weighted by molar-refractivity contribution is -0.124. The van der Waals surface area contributed by atoms with E-state index in [4.69, 9.17) is 0 Å². The van der Waals surface area contributed by atoms with E-state index in [1.54, 1.807) is 0 Å². The Kier molecular flexibility index (Phi) is 6.83. The van der Waals surface area contributed by atoms with Gasteiger partial charge in [0.25, 0.3) is 0 Å². The second-order valence-electron chi connectivity index (χ2n) is 5.37. The third kappa shape index (κ3) is 6.18. The zero-order chi connectivity index (χ0) is 18.1. The standard InChI is InChI=1S/C19H20FN3O2/c1-2-17(14-6-4-3-5-7-14)22-23-19(25)13-12-18(24)21-16-10-8-15(20)9-11-16/h3-11H,2,12-13H2,1H3,(H,21,24)(H,23,25)/b22-17+. The van der Waals surface area contributed by atoms with Gasteiger partial charge in [0.05, 0.1) is 5.71 Å². The lowest BCUT2D eigenvalue weighted by atomic mass is 10.1. The minimum Gasteiger partial charge on any atom is -0.326 e. The van der Waals surface area contributed by atoms with Crippen LogP contribution >= 0.6 is 0 Å². The molecule has 0 aliphatic heterocycles. The minimum absolute atomic E-state index is 0.0162. The zero-order valence-electron chi connectivity index (χ0n) is 14.0. The van der Waals surface area contributed by atoms with Gasteiger partial charge in [0.1, 0.15) is 5.82 Å². The SMILES string of the molecule is CC/C(=N\NC(=O)CCC(=O)Nc1ccc(F)cc1)c1ccccc1. The van der Waals surface area contributed by atoms with Gasteiger partial charge >= 0.3 is 0 Å². The fourth-order valence-corrected chi connectivity index (χ4v) is 2.15. The number of rotatable bonds is 7. The molecule has 2 rings (SSSR count). The Morgan fingerprint density at radius 3 is 2.24 bits per heavy atom. The first-order valence-electron chi connectivity index (χ1n) is 8.04. The Balaban J connectivity index is 1.80. The van der Waals surface area contributed by atoms with Crippen molar-refractivity contribution in [2.24, 2.45) is 5.10 Å². The Morgan fingerprint density at radius 1 is 0.960 bits per heavy atom. The molecule has 2 aromatic rings. The summed E-state index contributed by atoms with van der Waals surface area (Å²) < 4.78 is 12.8. The van der Waals surface area contributed by atoms with Crippen molar-refractivity contribution in [3.63, 3.8) is 0 Å². The molecule has 2 amide bonds. The van der Waals surface area contributed by atoms with Crippen molar-refractivity contribution in [1.29, 1.82) is 0 Å². The van der Waals surface area contributed by atoms with Crippen LogP contribution in [0.1, 0.15) is 31.7 Å². The molecule has 0 radical (unpaired) electrons. The molecule has 0 atom stereocenters. The molecule has 0 heterocycles. The van der Waals surface area contributed by atoms with Gasteiger partial charge in [-0.15, -0.1) is 0 Å². The van der Waals surface area contributed by atoms with Gasteiger partial charge in [-0.2, -0.15) is 5.10 Å². The number of anilines is 1. The van der Waals surface area contributed by atoms with Gasteiger partial charge in [-0.1, -0.05) is 37.3 Å². The molecule has 0 aliphatic carbocycles. The normalized spacial score (nSPS) is 11.0. The molecule has 0 bridgehead atoms. The molecule has 0 spiro atoms. The molecule has 0 saturated carbocycles. The number of hydrogen-bond acceptors (Lipinski definition) is 3. The maximum atomic E-state index is 12.8. The summed E-state index contributed by atoms with van der Waals surface area (Å²) in [5.74, 6) is -1.03. The van der Waals surface area contributed by atoms with Crippen molar-refractivity contribution in [1.82, 2.24) is 5.43 Å². The van der Waals surface area contributed by atoms with Crippen molar-refractivity contribution >= 4 is 23.2 Å². The van der Waals surface area contributed by atoms with Gasteiger partial charge in [0, 0.05) is 18.5 Å². The van der Waals surface area contributed by atoms with E-state index < -0.39 is 0 Å². The van der Waals surface area contributed by atoms with E-state index in [0.29, 0.717) is 12.1 Å². The van der Waals surface area contributed by atoms with Gasteiger partial charge in [-0.25, -0.2) is 9.82 Å². The highest BCUT2D eigenvalue weighted by Crippen LogP contribution is 2.09. The molecule has 2 N–H and O–H groups in total. The van der Waals surface area contributed by atoms with E-state index in [2.05, 4.69) is 15.8 Å². The predicted octanol–water partition coefficient (Wildman–Crippen LogP) is 3.47. The highest BCUT2D eigenvalue weighted by molar-refractivity contribution is 6.01. The van der Waals surface area contributed by atoms with Crippen LogP contribution < -0.4 is 10.7 Å². The zero-order valence-corrected chi connectivity index (χ0v) is 14.0. The second-order valence-corrected chi connectivity index (χ2v) is 5.37. The molecule has 0 saturated heterocycles. The average molecular weight is 341 g/mol. The van der Waals surface area contributed by atoms with Crippen LogP contribution in [0.5, 0.6) is 0 Å². The maximum Gasteiger partial charge on any atom is 0.240 e. The highest BCUT2D eigenvalue weighted by atomic mass is 19.1. The summed E-state index contributed by atoms with van der Waals surface area (Å²) in [6.07, 6.45) is 0.711. The third-order valence-electron chi connectivity index (χ3n) is 3.46. The number of nitrogens with zero attached hydrogens (tertiary/aromatic N) is 1. The van der Waals surface area contributed by atoms with E-state index in [1.807, 2.05) is 37.3 Å². The van der Waals surface area contributed by atoms with Gasteiger partial charge in [0.15, 0.2) is 0 Å². The summed E-state index contributed by atoms with van der Waals surface area (Å²) in [4.78, 5) is 23.6. The number of nitrogens with one attached hydrogen (secondary N) is 2. The summed E-state index contributed by atoms with van der Waals surface area (Å²) in [7, 11) is 0. The second kappa shape index (κ2) is 9.32. The molecule has 25 heavy (non-hydrogen) atoms. The minimum atomic E-state index is -0.375. The smallest absolute Gasteiger partial charge is 0.240 e. The fraction of sp³-hybridized carbons (Fsp3) is 0.211. The first-order valence-corrected chi connectivity index (χ1v) is 8.04. The number of benzene rings is 2. The summed E-state index contributed by atoms with van der Waals surface area (Å²) in [6.45, 7) is 1.95. The van der Waals surface area contributed by atoms with E-state index in [1.165, 1.54) is 24.3 Å². The van der Waals surface area contributed by atoms with Crippen molar-refractivity contribution < 1.29 is 14.0 Å². The molecular formula is C19H20FN3O2. The van der Waals surface area contributed by atoms with Crippen LogP contribution in [0.15, 0.2) is 59.7 Å². The maximum absolute atomic E-state index is 12.8. The number of hydrogen-bond donors (Lipinski definition) is 2. The summed E-state index contributed by atoms with van der Waals surface area (Å²) in [6, 6.07) is 15.0. The van der Waals surface area contributed by atoms with Crippen molar-refractivity contribution in [2.75, 3.05) is 5.32 Å². The van der Waals surface area contributed by atoms with Crippen LogP contribution in [0, 0.1) is 5.82 Å². The summed E-state index contributed by atoms with van der Waals surface area (Å²) in [5.41, 5.74) is 4.68. The van der Waals surface area contributed by atoms with Gasteiger partial charge in [0.2, 0.25) is 11.8 Å². The van der Waals surface area contributed by atoms with E-state index in [0.717, 1.165) is 11.3 Å². The molecule has 0 aromatic heterocycles. The monoisotopic (exact) mass is 341 g/mol. The van der Waals surface area contributed by atoms with Crippen molar-refractivity contribution in [3.8, 4) is 0 Å². The van der Waals surface area contributed by atoms with Crippen LogP contribution in [0.25, 0.3) is 0 Å². The van der Waals surface area contributed by atoms with Gasteiger partial charge in [-0.05, 0) is 36.2 Å². The summed E-state index contributed by atoms with van der Waals surface area (Å²) in [5, 5.41) is 6.73. The van der Waals surface area contributed by atoms with Crippen LogP contribution in [-0.4, -0.2) is 17.5 Å². The van der Waals surface area contributed by atoms with Crippen molar-refractivity contribution in [2.45, 2.75) is 26.2 Å². The number of carbonyl (C=O) groups is 2. The molecule has 0 fully saturated rings. The predicted molar refractivity (Wildman–Crippen MR) is 95.7 cm³/mol. The fourth-order valence-electron chi connectivity index (χ4n) is 2.15. The van der Waals surface area contributed by atoms with Crippen LogP contribution in [-0.2, 0) is 9.59 Å². The molecule has 130 valence electrons. The largest absolute Gasteiger partial charge is 0.326 e. The molecule has 0 unspecified atom stereocenters. The van der Waals surface area contributed by atoms with E-state index in [-0.39, 0.29) is 30.5 Å². The number of hydrazone groups is 1. The Hall–Kier alpha value is -3.02. The van der Waals surface area contributed by atoms with E-state index in [9.17, 15) is 14.0 Å². The van der Waals surface area contributed by atoms with Gasteiger partial charge in [-0.3, -0.25) is 9.59 Å². The third-order valence-corrected chi connectivity index (χ3v) is 3.46. The molecule has 2 aromatic carbocycles. The lowest BCUT2D eigenvalue weighted by Crippen LogP contribution is -2.22. The average Bonchev–Trinajstić information content (AvgIpc) is 2.63. The van der Waals surface area contributed by atoms with Crippen LogP contribution in [0.4, 0.5) is 10.1 Å². The highest BCUT2D eigenvalue weighted by Gasteiger charge is 2.08. The molecule has 6 heteroatoms. The number of carbonyl (C=O) groups excluding carboxylic acids is 2. The van der Waals surface area contributed by atoms with Gasteiger partial charge < -0.3 is 5.32 Å². The first-order chi connectivity index (χ1) is 12.1. The quantitative estimate of drug-likeness (QED) is 0.598. The summed E-state index contributed by atoms with van der Waals surface area (Å²) >= 11 is 0. The molecule has 0 aliphatic rings. The van der Waals surface area contributed by atoms with Crippen molar-refractivity contribution in [3.05, 3.63) is 66.0 Å². The van der Waals surface area contributed by atoms with Crippen LogP contribution in [0.3, 0.4) is 0 Å². The first kappa shape index (κ1) is 18.3. The molecule has 5 nitrogen and oxygen atoms in total. The van der Waals surface area contributed by atoms with E-state index >= 15 is 0 Å². The van der Waals surface area contributed by atoms with Crippen LogP contribution in [0.2, 0.25) is 0 Å². The number of halogens is 1. The Bertz CT molecular complexity index is 743. The topological polar surface area (TPSA) is 70.6 Å². The number of amides is 2. The molecular weight excluding hydrogens is 321 g/mol. The Labute approximate surface area is 145 Å². The Morgan fingerprint density at radius 2 is 1.60 bits per heavy atom.